The Morgan fingerprint density at radius 1 is 1.00 bits per heavy atom. The monoisotopic (exact) mass is 306 g/mol. The van der Waals surface area contributed by atoms with Gasteiger partial charge >= 0.3 is 0 Å². The minimum Gasteiger partial charge on any atom is -0.507 e. The van der Waals surface area contributed by atoms with Crippen LogP contribution in [0.1, 0.15) is 0 Å². The van der Waals surface area contributed by atoms with Gasteiger partial charge in [-0.2, -0.15) is 4.98 Å². The molecular weight excluding hydrogens is 292 g/mol. The van der Waals surface area contributed by atoms with E-state index >= 15 is 0 Å². The fraction of sp³-hybridized carbons (Fsp3) is 0.0625. The summed E-state index contributed by atoms with van der Waals surface area (Å²) in [6.07, 6.45) is 7.24. The number of aromatic nitrogens is 5. The number of hydrogen-bond acceptors (Lipinski definition) is 5. The van der Waals surface area contributed by atoms with Gasteiger partial charge in [0.05, 0.1) is 23.3 Å². The zero-order valence-electron chi connectivity index (χ0n) is 12.4. The summed E-state index contributed by atoms with van der Waals surface area (Å²) in [7, 11) is 1.89. The molecular formula is C16H14N6O. The van der Waals surface area contributed by atoms with Crippen LogP contribution in [0.2, 0.25) is 0 Å². The largest absolute Gasteiger partial charge is 0.507 e. The van der Waals surface area contributed by atoms with Crippen LogP contribution in [-0.4, -0.2) is 29.0 Å². The average Bonchev–Trinajstić information content (AvgIpc) is 3.12. The van der Waals surface area contributed by atoms with E-state index in [4.69, 9.17) is 5.73 Å². The summed E-state index contributed by atoms with van der Waals surface area (Å²) in [5.74, 6) is 1.01. The van der Waals surface area contributed by atoms with E-state index in [9.17, 15) is 5.11 Å². The second-order valence-corrected chi connectivity index (χ2v) is 5.31. The van der Waals surface area contributed by atoms with Crippen molar-refractivity contribution in [1.29, 1.82) is 0 Å². The van der Waals surface area contributed by atoms with Crippen LogP contribution in [0.4, 0.5) is 5.82 Å². The molecule has 0 bridgehead atoms. The lowest BCUT2D eigenvalue weighted by molar-refractivity contribution is 0.477. The Hall–Kier alpha value is -3.35. The van der Waals surface area contributed by atoms with Crippen molar-refractivity contribution in [3.8, 4) is 28.3 Å². The summed E-state index contributed by atoms with van der Waals surface area (Å²) in [6, 6.07) is 7.05. The second-order valence-electron chi connectivity index (χ2n) is 5.31. The topological polar surface area (TPSA) is 94.3 Å². The third kappa shape index (κ3) is 2.18. The third-order valence-corrected chi connectivity index (χ3v) is 3.64. The van der Waals surface area contributed by atoms with Gasteiger partial charge < -0.3 is 15.4 Å². The number of fused-ring (bicyclic) bond motifs is 1. The number of aryl methyl sites for hydroxylation is 1. The molecule has 0 fully saturated rings. The lowest BCUT2D eigenvalue weighted by Gasteiger charge is -2.02. The number of hydrogen-bond donors (Lipinski definition) is 2. The maximum atomic E-state index is 9.97. The maximum absolute atomic E-state index is 9.97. The Morgan fingerprint density at radius 3 is 2.57 bits per heavy atom. The fourth-order valence-corrected chi connectivity index (χ4v) is 2.50. The summed E-state index contributed by atoms with van der Waals surface area (Å²) < 4.78 is 3.63. The van der Waals surface area contributed by atoms with Crippen LogP contribution in [0.5, 0.6) is 5.75 Å². The molecule has 0 aliphatic carbocycles. The van der Waals surface area contributed by atoms with Gasteiger partial charge in [-0.25, -0.2) is 9.97 Å². The smallest absolute Gasteiger partial charge is 0.236 e. The summed E-state index contributed by atoms with van der Waals surface area (Å²) in [4.78, 5) is 13.1. The molecule has 0 saturated heterocycles. The fourth-order valence-electron chi connectivity index (χ4n) is 2.50. The van der Waals surface area contributed by atoms with Gasteiger partial charge in [-0.15, -0.1) is 0 Å². The first-order chi connectivity index (χ1) is 11.1. The van der Waals surface area contributed by atoms with E-state index in [1.54, 1.807) is 28.9 Å². The van der Waals surface area contributed by atoms with E-state index in [1.807, 2.05) is 36.3 Å². The van der Waals surface area contributed by atoms with E-state index in [1.165, 1.54) is 0 Å². The lowest BCUT2D eigenvalue weighted by atomic mass is 10.1. The molecule has 114 valence electrons. The number of nitrogen functional groups attached to an aromatic ring is 1. The zero-order valence-corrected chi connectivity index (χ0v) is 12.4. The van der Waals surface area contributed by atoms with Crippen LogP contribution in [0.25, 0.3) is 28.3 Å². The van der Waals surface area contributed by atoms with Crippen molar-refractivity contribution in [2.45, 2.75) is 0 Å². The molecule has 0 amide bonds. The molecule has 0 saturated carbocycles. The number of anilines is 1. The molecule has 0 aliphatic heterocycles. The first kappa shape index (κ1) is 13.3. The van der Waals surface area contributed by atoms with Crippen molar-refractivity contribution < 1.29 is 5.11 Å². The molecule has 3 heterocycles. The number of benzene rings is 1. The number of nitrogens with two attached hydrogens (primary N) is 1. The predicted octanol–water partition coefficient (Wildman–Crippen LogP) is 2.08. The Labute approximate surface area is 131 Å². The van der Waals surface area contributed by atoms with E-state index in [0.717, 1.165) is 11.3 Å². The summed E-state index contributed by atoms with van der Waals surface area (Å²) in [5.41, 5.74) is 8.81. The van der Waals surface area contributed by atoms with Crippen molar-refractivity contribution in [2.24, 2.45) is 7.05 Å². The molecule has 0 aliphatic rings. The predicted molar refractivity (Wildman–Crippen MR) is 86.7 cm³/mol. The average molecular weight is 306 g/mol. The van der Waals surface area contributed by atoms with Gasteiger partial charge in [-0.1, -0.05) is 12.1 Å². The molecule has 0 atom stereocenters. The van der Waals surface area contributed by atoms with Gasteiger partial charge in [0.1, 0.15) is 11.6 Å². The molecule has 0 unspecified atom stereocenters. The molecule has 4 aromatic rings. The quantitative estimate of drug-likeness (QED) is 0.591. The van der Waals surface area contributed by atoms with Crippen LogP contribution < -0.4 is 5.73 Å². The first-order valence-electron chi connectivity index (χ1n) is 7.04. The molecule has 4 rings (SSSR count). The molecule has 7 nitrogen and oxygen atoms in total. The van der Waals surface area contributed by atoms with Crippen LogP contribution in [-0.2, 0) is 7.05 Å². The number of nitrogens with zero attached hydrogens (tertiary/aromatic N) is 5. The van der Waals surface area contributed by atoms with E-state index < -0.39 is 0 Å². The van der Waals surface area contributed by atoms with Crippen LogP contribution in [0.15, 0.2) is 49.2 Å². The molecule has 3 aromatic heterocycles. The van der Waals surface area contributed by atoms with E-state index in [-0.39, 0.29) is 5.75 Å². The van der Waals surface area contributed by atoms with Crippen molar-refractivity contribution >= 4 is 11.6 Å². The minimum atomic E-state index is 0.175. The highest BCUT2D eigenvalue weighted by Crippen LogP contribution is 2.29. The molecule has 0 spiro atoms. The molecule has 3 N–H and O–H groups in total. The number of phenolic OH excluding ortho intramolecular Hbond substituents is 1. The van der Waals surface area contributed by atoms with Gasteiger partial charge in [0, 0.05) is 31.2 Å². The number of para-hydroxylation sites is 1. The van der Waals surface area contributed by atoms with Gasteiger partial charge in [0.15, 0.2) is 0 Å². The number of imidazole rings is 2. The Morgan fingerprint density at radius 2 is 1.83 bits per heavy atom. The van der Waals surface area contributed by atoms with Gasteiger partial charge in [0.2, 0.25) is 5.78 Å². The second kappa shape index (κ2) is 4.84. The first-order valence-corrected chi connectivity index (χ1v) is 7.04. The van der Waals surface area contributed by atoms with Crippen molar-refractivity contribution in [3.63, 3.8) is 0 Å². The van der Waals surface area contributed by atoms with Crippen LogP contribution in [0, 0.1) is 0 Å². The highest BCUT2D eigenvalue weighted by Gasteiger charge is 2.13. The van der Waals surface area contributed by atoms with Crippen molar-refractivity contribution in [2.75, 3.05) is 5.73 Å². The van der Waals surface area contributed by atoms with Crippen molar-refractivity contribution in [1.82, 2.24) is 23.9 Å². The van der Waals surface area contributed by atoms with Gasteiger partial charge in [-0.3, -0.25) is 4.40 Å². The number of rotatable bonds is 2. The molecule has 7 heteroatoms. The highest BCUT2D eigenvalue weighted by atomic mass is 16.3. The molecule has 23 heavy (non-hydrogen) atoms. The summed E-state index contributed by atoms with van der Waals surface area (Å²) in [5, 5.41) is 9.97. The zero-order chi connectivity index (χ0) is 16.0. The van der Waals surface area contributed by atoms with E-state index in [0.29, 0.717) is 22.9 Å². The number of phenols is 1. The Kier molecular flexibility index (Phi) is 2.80. The van der Waals surface area contributed by atoms with Crippen LogP contribution in [0.3, 0.4) is 0 Å². The number of aromatic hydroxyl groups is 1. The van der Waals surface area contributed by atoms with Gasteiger partial charge in [0.25, 0.3) is 0 Å². The van der Waals surface area contributed by atoms with E-state index in [2.05, 4.69) is 15.0 Å². The van der Waals surface area contributed by atoms with Crippen molar-refractivity contribution in [3.05, 3.63) is 49.2 Å². The summed E-state index contributed by atoms with van der Waals surface area (Å²) in [6.45, 7) is 0. The highest BCUT2D eigenvalue weighted by molar-refractivity contribution is 5.73. The minimum absolute atomic E-state index is 0.175. The van der Waals surface area contributed by atoms with Crippen LogP contribution >= 0.6 is 0 Å². The molecule has 0 radical (unpaired) electrons. The normalized spacial score (nSPS) is 11.2. The standard InChI is InChI=1S/C16H14N6O/c1-21-7-12(18-9-21)11-6-22-8-13(19-16(22)20-15(11)17)10-4-2-3-5-14(10)23/h2-9,23H,1H3,(H2,17,19,20). The SMILES string of the molecule is Cn1cnc(-c2cn3cc(-c4ccccc4O)nc3nc2N)c1. The third-order valence-electron chi connectivity index (χ3n) is 3.64. The van der Waals surface area contributed by atoms with Gasteiger partial charge in [-0.05, 0) is 12.1 Å². The Balaban J connectivity index is 1.88. The Bertz CT molecular complexity index is 1020. The maximum Gasteiger partial charge on any atom is 0.236 e. The molecule has 1 aromatic carbocycles. The summed E-state index contributed by atoms with van der Waals surface area (Å²) >= 11 is 0. The lowest BCUT2D eigenvalue weighted by Crippen LogP contribution is -1.98.